The number of nitrogens with zero attached hydrogens (tertiary/aromatic N) is 3. The minimum Gasteiger partial charge on any atom is -0.490 e. The Kier molecular flexibility index (Phi) is 8.31. The second kappa shape index (κ2) is 11.9. The zero-order valence-corrected chi connectivity index (χ0v) is 23.8. The number of aromatic nitrogens is 1. The van der Waals surface area contributed by atoms with Gasteiger partial charge in [0.05, 0.1) is 16.7 Å². The number of nitro groups is 1. The summed E-state index contributed by atoms with van der Waals surface area (Å²) in [4.78, 5) is 19.2. The molecule has 1 heterocycles. The Balaban J connectivity index is 1.58. The summed E-state index contributed by atoms with van der Waals surface area (Å²) in [5, 5.41) is 11.9. The molecule has 6 nitrogen and oxygen atoms in total. The number of hydrogen-bond acceptors (Lipinski definition) is 5. The summed E-state index contributed by atoms with van der Waals surface area (Å²) >= 11 is 0. The normalized spacial score (nSPS) is 17.4. The minimum atomic E-state index is -0.268. The summed E-state index contributed by atoms with van der Waals surface area (Å²) in [5.41, 5.74) is 8.64. The number of nitro benzene ring substituents is 1. The van der Waals surface area contributed by atoms with Crippen molar-refractivity contribution in [2.45, 2.75) is 97.2 Å². The summed E-state index contributed by atoms with van der Waals surface area (Å²) in [6.45, 7) is 6.89. The third-order valence-electron chi connectivity index (χ3n) is 8.73. The van der Waals surface area contributed by atoms with Gasteiger partial charge in [-0.25, -0.2) is 0 Å². The highest BCUT2D eigenvalue weighted by Gasteiger charge is 2.28. The molecule has 0 amide bonds. The molecule has 1 fully saturated rings. The molecule has 6 heteroatoms. The van der Waals surface area contributed by atoms with Gasteiger partial charge in [-0.15, -0.1) is 0 Å². The number of pyridine rings is 1. The summed E-state index contributed by atoms with van der Waals surface area (Å²) in [6, 6.07) is 14.8. The van der Waals surface area contributed by atoms with E-state index in [1.54, 1.807) is 6.07 Å². The fraction of sp³-hybridized carbons (Fsp3) is 0.485. The molecular formula is C33H41N3O3. The lowest BCUT2D eigenvalue weighted by molar-refractivity contribution is -0.385. The van der Waals surface area contributed by atoms with Crippen molar-refractivity contribution in [3.05, 3.63) is 86.1 Å². The molecule has 5 rings (SSSR count). The molecule has 2 aromatic carbocycles. The molecule has 1 saturated carbocycles. The summed E-state index contributed by atoms with van der Waals surface area (Å²) in [5.74, 6) is 0.885. The molecule has 0 saturated heterocycles. The van der Waals surface area contributed by atoms with Crippen LogP contribution in [0.25, 0.3) is 11.3 Å². The summed E-state index contributed by atoms with van der Waals surface area (Å²) < 4.78 is 6.73. The van der Waals surface area contributed by atoms with Gasteiger partial charge in [0.2, 0.25) is 0 Å². The van der Waals surface area contributed by atoms with Gasteiger partial charge in [-0.1, -0.05) is 44.2 Å². The molecular weight excluding hydrogens is 486 g/mol. The third-order valence-corrected chi connectivity index (χ3v) is 8.73. The van der Waals surface area contributed by atoms with Gasteiger partial charge in [0.1, 0.15) is 5.75 Å². The SMILES string of the molecule is CCc1ccc([N+](=O)[O-])c(CC)c1-c1cc(OC2CCCC2)c(CN(C)[C@H]2CCCc3ccccc32)c(C)n1. The average molecular weight is 528 g/mol. The summed E-state index contributed by atoms with van der Waals surface area (Å²) in [7, 11) is 2.21. The van der Waals surface area contributed by atoms with Crippen molar-refractivity contribution >= 4 is 5.69 Å². The Hall–Kier alpha value is -3.25. The van der Waals surface area contributed by atoms with Crippen LogP contribution in [0.5, 0.6) is 5.75 Å². The van der Waals surface area contributed by atoms with E-state index in [1.807, 2.05) is 13.0 Å². The monoisotopic (exact) mass is 527 g/mol. The van der Waals surface area contributed by atoms with Crippen molar-refractivity contribution in [3.8, 4) is 17.0 Å². The standard InChI is InChI=1S/C33H41N3O3/c1-5-23-18-19-31(36(37)38)26(6-2)33(23)29-20-32(39-25-14-8-9-15-25)28(22(3)34-29)21-35(4)30-17-11-13-24-12-7-10-16-27(24)30/h7,10,12,16,18-20,25,30H,5-6,8-9,11,13-15,17,21H2,1-4H3/t30-/m0/s1. The van der Waals surface area contributed by atoms with E-state index in [9.17, 15) is 10.1 Å². The van der Waals surface area contributed by atoms with Gasteiger partial charge in [-0.2, -0.15) is 0 Å². The highest BCUT2D eigenvalue weighted by molar-refractivity contribution is 5.74. The van der Waals surface area contributed by atoms with E-state index in [4.69, 9.17) is 9.72 Å². The smallest absolute Gasteiger partial charge is 0.273 e. The van der Waals surface area contributed by atoms with Crippen LogP contribution in [0.15, 0.2) is 42.5 Å². The van der Waals surface area contributed by atoms with Gasteiger partial charge in [0.25, 0.3) is 5.69 Å². The molecule has 206 valence electrons. The van der Waals surface area contributed by atoms with E-state index in [-0.39, 0.29) is 16.7 Å². The Bertz CT molecular complexity index is 1350. The largest absolute Gasteiger partial charge is 0.490 e. The Morgan fingerprint density at radius 2 is 1.79 bits per heavy atom. The van der Waals surface area contributed by atoms with E-state index in [1.165, 1.54) is 30.4 Å². The Morgan fingerprint density at radius 1 is 1.03 bits per heavy atom. The topological polar surface area (TPSA) is 68.5 Å². The molecule has 0 unspecified atom stereocenters. The van der Waals surface area contributed by atoms with Crippen LogP contribution < -0.4 is 4.74 Å². The van der Waals surface area contributed by atoms with Crippen LogP contribution in [0.2, 0.25) is 0 Å². The van der Waals surface area contributed by atoms with Crippen LogP contribution in [0.4, 0.5) is 5.69 Å². The highest BCUT2D eigenvalue weighted by Crippen LogP contribution is 2.40. The summed E-state index contributed by atoms with van der Waals surface area (Å²) in [6.07, 6.45) is 9.58. The van der Waals surface area contributed by atoms with Crippen LogP contribution >= 0.6 is 0 Å². The Labute approximate surface area is 232 Å². The maximum Gasteiger partial charge on any atom is 0.273 e. The maximum absolute atomic E-state index is 11.9. The van der Waals surface area contributed by atoms with Crippen molar-refractivity contribution in [2.75, 3.05) is 7.05 Å². The first-order valence-electron chi connectivity index (χ1n) is 14.7. The van der Waals surface area contributed by atoms with Gasteiger partial charge in [0, 0.05) is 47.1 Å². The second-order valence-corrected chi connectivity index (χ2v) is 11.2. The first-order valence-corrected chi connectivity index (χ1v) is 14.7. The maximum atomic E-state index is 11.9. The predicted molar refractivity (Wildman–Crippen MR) is 156 cm³/mol. The third kappa shape index (κ3) is 5.58. The van der Waals surface area contributed by atoms with Gasteiger partial charge >= 0.3 is 0 Å². The molecule has 0 N–H and O–H groups in total. The lowest BCUT2D eigenvalue weighted by Gasteiger charge is -2.34. The van der Waals surface area contributed by atoms with Crippen LogP contribution in [-0.4, -0.2) is 28.0 Å². The molecule has 2 aliphatic carbocycles. The molecule has 1 aromatic heterocycles. The van der Waals surface area contributed by atoms with Crippen LogP contribution in [0.3, 0.4) is 0 Å². The first-order chi connectivity index (χ1) is 18.9. The molecule has 1 atom stereocenters. The van der Waals surface area contributed by atoms with Crippen LogP contribution in [-0.2, 0) is 25.8 Å². The molecule has 0 aliphatic heterocycles. The van der Waals surface area contributed by atoms with E-state index < -0.39 is 0 Å². The zero-order valence-electron chi connectivity index (χ0n) is 23.8. The van der Waals surface area contributed by atoms with Gasteiger partial charge < -0.3 is 4.74 Å². The quantitative estimate of drug-likeness (QED) is 0.209. The second-order valence-electron chi connectivity index (χ2n) is 11.2. The molecule has 39 heavy (non-hydrogen) atoms. The lowest BCUT2D eigenvalue weighted by Crippen LogP contribution is -2.28. The number of aryl methyl sites for hydroxylation is 3. The number of hydrogen-bond donors (Lipinski definition) is 0. The highest BCUT2D eigenvalue weighted by atomic mass is 16.6. The number of fused-ring (bicyclic) bond motifs is 1. The van der Waals surface area contributed by atoms with E-state index in [0.29, 0.717) is 12.5 Å². The fourth-order valence-corrected chi connectivity index (χ4v) is 6.66. The van der Waals surface area contributed by atoms with Crippen molar-refractivity contribution in [2.24, 2.45) is 0 Å². The van der Waals surface area contributed by atoms with Crippen molar-refractivity contribution < 1.29 is 9.66 Å². The predicted octanol–water partition coefficient (Wildman–Crippen LogP) is 7.92. The lowest BCUT2D eigenvalue weighted by atomic mass is 9.87. The van der Waals surface area contributed by atoms with Crippen molar-refractivity contribution in [1.82, 2.24) is 9.88 Å². The van der Waals surface area contributed by atoms with Crippen molar-refractivity contribution in [1.29, 1.82) is 0 Å². The molecule has 0 bridgehead atoms. The first kappa shape index (κ1) is 27.3. The van der Waals surface area contributed by atoms with E-state index >= 15 is 0 Å². The van der Waals surface area contributed by atoms with Gasteiger partial charge in [-0.3, -0.25) is 20.0 Å². The van der Waals surface area contributed by atoms with E-state index in [2.05, 4.69) is 56.1 Å². The average Bonchev–Trinajstić information content (AvgIpc) is 3.46. The Morgan fingerprint density at radius 3 is 2.51 bits per heavy atom. The molecule has 0 radical (unpaired) electrons. The molecule has 3 aromatic rings. The van der Waals surface area contributed by atoms with E-state index in [0.717, 1.165) is 78.0 Å². The van der Waals surface area contributed by atoms with Crippen LogP contribution in [0, 0.1) is 17.0 Å². The van der Waals surface area contributed by atoms with Gasteiger partial charge in [0.15, 0.2) is 0 Å². The van der Waals surface area contributed by atoms with Crippen molar-refractivity contribution in [3.63, 3.8) is 0 Å². The zero-order chi connectivity index (χ0) is 27.5. The molecule has 0 spiro atoms. The fourth-order valence-electron chi connectivity index (χ4n) is 6.66. The van der Waals surface area contributed by atoms with Gasteiger partial charge in [-0.05, 0) is 88.4 Å². The molecule has 2 aliphatic rings. The number of ether oxygens (including phenoxy) is 1. The number of rotatable bonds is 9. The minimum absolute atomic E-state index is 0.169. The van der Waals surface area contributed by atoms with Crippen LogP contribution in [0.1, 0.15) is 91.9 Å². The number of benzene rings is 2.